The van der Waals surface area contributed by atoms with Crippen LogP contribution >= 0.6 is 11.6 Å². The monoisotopic (exact) mass is 345 g/mol. The topological polar surface area (TPSA) is 39.6 Å². The van der Waals surface area contributed by atoms with Crippen LogP contribution < -0.4 is 9.64 Å². The van der Waals surface area contributed by atoms with Gasteiger partial charge in [-0.3, -0.25) is 5.41 Å². The molecule has 4 nitrogen and oxygen atoms in total. The van der Waals surface area contributed by atoms with Crippen LogP contribution in [0.4, 0.5) is 11.4 Å². The zero-order chi connectivity index (χ0) is 17.9. The van der Waals surface area contributed by atoms with Crippen molar-refractivity contribution in [1.29, 1.82) is 5.41 Å². The first-order valence-corrected chi connectivity index (χ1v) is 8.24. The third-order valence-corrected chi connectivity index (χ3v) is 4.53. The number of hydrogen-bond acceptors (Lipinski definition) is 3. The van der Waals surface area contributed by atoms with Gasteiger partial charge in [0.05, 0.1) is 12.1 Å². The van der Waals surface area contributed by atoms with E-state index in [0.717, 1.165) is 34.8 Å². The number of halogens is 1. The van der Waals surface area contributed by atoms with E-state index in [4.69, 9.17) is 21.7 Å². The molecule has 5 heteroatoms. The van der Waals surface area contributed by atoms with Crippen LogP contribution in [0.1, 0.15) is 18.1 Å². The van der Waals surface area contributed by atoms with E-state index in [1.54, 1.807) is 7.11 Å². The summed E-state index contributed by atoms with van der Waals surface area (Å²) in [6.45, 7) is 4.82. The number of nitrogens with one attached hydrogen (secondary N) is 1. The van der Waals surface area contributed by atoms with Crippen LogP contribution in [0.5, 0.6) is 5.75 Å². The molecule has 0 spiro atoms. The Morgan fingerprint density at radius 1 is 1.17 bits per heavy atom. The number of ether oxygens (including phenoxy) is 1. The normalized spacial score (nSPS) is 10.4. The maximum absolute atomic E-state index is 8.27. The number of aryl methyl sites for hydroxylation is 1. The van der Waals surface area contributed by atoms with Crippen molar-refractivity contribution in [2.75, 3.05) is 32.6 Å². The molecule has 2 rings (SSSR count). The van der Waals surface area contributed by atoms with E-state index >= 15 is 0 Å². The molecule has 0 atom stereocenters. The fraction of sp³-hybridized carbons (Fsp3) is 0.316. The molecule has 0 aliphatic carbocycles. The lowest BCUT2D eigenvalue weighted by atomic mass is 10.1. The summed E-state index contributed by atoms with van der Waals surface area (Å²) < 4.78 is 5.20. The first kappa shape index (κ1) is 18.1. The highest BCUT2D eigenvalue weighted by Gasteiger charge is 2.15. The van der Waals surface area contributed by atoms with Crippen LogP contribution in [0.25, 0.3) is 0 Å². The Labute approximate surface area is 149 Å². The fourth-order valence-electron chi connectivity index (χ4n) is 2.52. The van der Waals surface area contributed by atoms with E-state index in [1.807, 2.05) is 69.2 Å². The zero-order valence-corrected chi connectivity index (χ0v) is 15.6. The predicted molar refractivity (Wildman–Crippen MR) is 102 cm³/mol. The standard InChI is InChI=1S/C19H24ClN3O/c1-6-22(3)19(21)16-11-13(2)18(12-17(16)20)23(4)14-7-9-15(24-5)10-8-14/h7-12,21H,6H2,1-5H3. The molecule has 0 unspecified atom stereocenters. The Kier molecular flexibility index (Phi) is 5.73. The summed E-state index contributed by atoms with van der Waals surface area (Å²) in [7, 11) is 5.55. The highest BCUT2D eigenvalue weighted by atomic mass is 35.5. The van der Waals surface area contributed by atoms with Gasteiger partial charge in [0.25, 0.3) is 0 Å². The maximum Gasteiger partial charge on any atom is 0.129 e. The summed E-state index contributed by atoms with van der Waals surface area (Å²) >= 11 is 6.46. The van der Waals surface area contributed by atoms with Gasteiger partial charge >= 0.3 is 0 Å². The lowest BCUT2D eigenvalue weighted by molar-refractivity contribution is 0.415. The van der Waals surface area contributed by atoms with E-state index in [9.17, 15) is 0 Å². The van der Waals surface area contributed by atoms with Crippen molar-refractivity contribution in [2.24, 2.45) is 0 Å². The second-order valence-electron chi connectivity index (χ2n) is 5.74. The van der Waals surface area contributed by atoms with Gasteiger partial charge in [-0.05, 0) is 55.8 Å². The van der Waals surface area contributed by atoms with E-state index in [0.29, 0.717) is 10.9 Å². The summed E-state index contributed by atoms with van der Waals surface area (Å²) in [5.74, 6) is 1.26. The molecular formula is C19H24ClN3O. The first-order valence-electron chi connectivity index (χ1n) is 7.87. The quantitative estimate of drug-likeness (QED) is 0.630. The Morgan fingerprint density at radius 2 is 1.79 bits per heavy atom. The van der Waals surface area contributed by atoms with E-state index in [-0.39, 0.29) is 0 Å². The number of amidine groups is 1. The van der Waals surface area contributed by atoms with Crippen LogP contribution in [-0.2, 0) is 0 Å². The van der Waals surface area contributed by atoms with Crippen molar-refractivity contribution in [3.05, 3.63) is 52.5 Å². The van der Waals surface area contributed by atoms with Gasteiger partial charge in [-0.1, -0.05) is 11.6 Å². The number of benzene rings is 2. The number of anilines is 2. The Balaban J connectivity index is 2.37. The van der Waals surface area contributed by atoms with Crippen molar-refractivity contribution >= 4 is 28.8 Å². The minimum absolute atomic E-state index is 0.434. The molecule has 0 heterocycles. The average Bonchev–Trinajstić information content (AvgIpc) is 2.61. The summed E-state index contributed by atoms with van der Waals surface area (Å²) in [6, 6.07) is 11.8. The molecule has 24 heavy (non-hydrogen) atoms. The minimum Gasteiger partial charge on any atom is -0.497 e. The molecule has 0 aromatic heterocycles. The van der Waals surface area contributed by atoms with Crippen molar-refractivity contribution in [1.82, 2.24) is 4.90 Å². The van der Waals surface area contributed by atoms with Gasteiger partial charge in [0.2, 0.25) is 0 Å². The highest BCUT2D eigenvalue weighted by molar-refractivity contribution is 6.34. The molecule has 0 saturated carbocycles. The van der Waals surface area contributed by atoms with Crippen LogP contribution in [0, 0.1) is 12.3 Å². The third-order valence-electron chi connectivity index (χ3n) is 4.22. The number of rotatable bonds is 5. The fourth-order valence-corrected chi connectivity index (χ4v) is 2.77. The molecular weight excluding hydrogens is 322 g/mol. The average molecular weight is 346 g/mol. The summed E-state index contributed by atoms with van der Waals surface area (Å²) in [5.41, 5.74) is 3.89. The van der Waals surface area contributed by atoms with Crippen molar-refractivity contribution in [3.8, 4) is 5.75 Å². The maximum atomic E-state index is 8.27. The summed E-state index contributed by atoms with van der Waals surface area (Å²) in [6.07, 6.45) is 0. The second kappa shape index (κ2) is 7.58. The molecule has 0 fully saturated rings. The van der Waals surface area contributed by atoms with Crippen LogP contribution in [-0.4, -0.2) is 38.5 Å². The van der Waals surface area contributed by atoms with Gasteiger partial charge in [-0.25, -0.2) is 0 Å². The van der Waals surface area contributed by atoms with Crippen molar-refractivity contribution < 1.29 is 4.74 Å². The molecule has 0 aliphatic heterocycles. The van der Waals surface area contributed by atoms with E-state index in [1.165, 1.54) is 0 Å². The van der Waals surface area contributed by atoms with Gasteiger partial charge < -0.3 is 14.5 Å². The largest absolute Gasteiger partial charge is 0.497 e. The highest BCUT2D eigenvalue weighted by Crippen LogP contribution is 2.32. The molecule has 0 aliphatic rings. The van der Waals surface area contributed by atoms with Crippen LogP contribution in [0.3, 0.4) is 0 Å². The summed E-state index contributed by atoms with van der Waals surface area (Å²) in [4.78, 5) is 3.95. The van der Waals surface area contributed by atoms with Crippen molar-refractivity contribution in [2.45, 2.75) is 13.8 Å². The Morgan fingerprint density at radius 3 is 2.33 bits per heavy atom. The summed E-state index contributed by atoms with van der Waals surface area (Å²) in [5, 5.41) is 8.86. The zero-order valence-electron chi connectivity index (χ0n) is 14.9. The molecule has 2 aromatic rings. The Hall–Kier alpha value is -2.20. The minimum atomic E-state index is 0.434. The smallest absolute Gasteiger partial charge is 0.129 e. The van der Waals surface area contributed by atoms with Gasteiger partial charge in [0.1, 0.15) is 11.6 Å². The Bertz CT molecular complexity index is 728. The second-order valence-corrected chi connectivity index (χ2v) is 6.15. The number of methoxy groups -OCH3 is 1. The van der Waals surface area contributed by atoms with E-state index < -0.39 is 0 Å². The predicted octanol–water partition coefficient (Wildman–Crippen LogP) is 4.70. The van der Waals surface area contributed by atoms with Crippen LogP contribution in [0.15, 0.2) is 36.4 Å². The van der Waals surface area contributed by atoms with Gasteiger partial charge in [0.15, 0.2) is 0 Å². The molecule has 0 amide bonds. The molecule has 2 aromatic carbocycles. The third kappa shape index (κ3) is 3.65. The SMILES string of the molecule is CCN(C)C(=N)c1cc(C)c(N(C)c2ccc(OC)cc2)cc1Cl. The van der Waals surface area contributed by atoms with Crippen LogP contribution in [0.2, 0.25) is 5.02 Å². The van der Waals surface area contributed by atoms with Crippen molar-refractivity contribution in [3.63, 3.8) is 0 Å². The van der Waals surface area contributed by atoms with Gasteiger partial charge in [-0.2, -0.15) is 0 Å². The molecule has 0 bridgehead atoms. The molecule has 128 valence electrons. The molecule has 0 saturated heterocycles. The number of hydrogen-bond donors (Lipinski definition) is 1. The number of nitrogens with zero attached hydrogens (tertiary/aromatic N) is 2. The van der Waals surface area contributed by atoms with Gasteiger partial charge in [0, 0.05) is 37.6 Å². The lowest BCUT2D eigenvalue weighted by Crippen LogP contribution is -2.26. The van der Waals surface area contributed by atoms with Gasteiger partial charge in [-0.15, -0.1) is 0 Å². The van der Waals surface area contributed by atoms with E-state index in [2.05, 4.69) is 4.90 Å². The lowest BCUT2D eigenvalue weighted by Gasteiger charge is -2.24. The molecule has 0 radical (unpaired) electrons. The first-order chi connectivity index (χ1) is 11.4. The molecule has 1 N–H and O–H groups in total.